The van der Waals surface area contributed by atoms with E-state index in [-0.39, 0.29) is 6.04 Å². The van der Waals surface area contributed by atoms with E-state index in [0.29, 0.717) is 29.6 Å². The molecule has 2 atom stereocenters. The molecule has 0 aromatic heterocycles. The Labute approximate surface area is 215 Å². The summed E-state index contributed by atoms with van der Waals surface area (Å²) in [6.45, 7) is 9.00. The maximum absolute atomic E-state index is 13.0. The lowest BCUT2D eigenvalue weighted by molar-refractivity contribution is 0.159. The van der Waals surface area contributed by atoms with Crippen molar-refractivity contribution in [2.45, 2.75) is 51.1 Å². The number of nitrogens with zero attached hydrogens (tertiary/aromatic N) is 1. The summed E-state index contributed by atoms with van der Waals surface area (Å²) in [5.41, 5.74) is 6.13. The normalized spacial score (nSPS) is 17.4. The minimum Gasteiger partial charge on any atom is -0.493 e. The third-order valence-electron chi connectivity index (χ3n) is 6.92. The zero-order chi connectivity index (χ0) is 25.2. The van der Waals surface area contributed by atoms with Crippen LogP contribution in [0.1, 0.15) is 47.7 Å². The van der Waals surface area contributed by atoms with Gasteiger partial charge in [0.05, 0.1) is 25.2 Å². The fraction of sp³-hybridized carbons (Fsp3) is 0.379. The number of benzene rings is 3. The van der Waals surface area contributed by atoms with Gasteiger partial charge in [-0.15, -0.1) is 0 Å². The smallest absolute Gasteiger partial charge is 0.240 e. The van der Waals surface area contributed by atoms with Crippen LogP contribution in [0.5, 0.6) is 23.0 Å². The summed E-state index contributed by atoms with van der Waals surface area (Å²) in [7, 11) is 1.63. The van der Waals surface area contributed by atoms with Gasteiger partial charge in [-0.25, -0.2) is 4.21 Å². The summed E-state index contributed by atoms with van der Waals surface area (Å²) in [6, 6.07) is 16.1. The molecule has 0 spiro atoms. The molecule has 2 heterocycles. The summed E-state index contributed by atoms with van der Waals surface area (Å²) >= 11 is -1.64. The molecule has 7 heteroatoms. The van der Waals surface area contributed by atoms with Crippen molar-refractivity contribution in [3.8, 4) is 23.0 Å². The zero-order valence-corrected chi connectivity index (χ0v) is 22.2. The molecule has 2 aliphatic heterocycles. The van der Waals surface area contributed by atoms with E-state index in [2.05, 4.69) is 17.0 Å². The van der Waals surface area contributed by atoms with Crippen molar-refractivity contribution >= 4 is 11.1 Å². The molecule has 5 rings (SSSR count). The van der Waals surface area contributed by atoms with E-state index in [4.69, 9.17) is 18.4 Å². The number of hydrogen-bond donors (Lipinski definition) is 0. The maximum Gasteiger partial charge on any atom is 0.240 e. The average Bonchev–Trinajstić information content (AvgIpc) is 2.88. The third kappa shape index (κ3) is 4.82. The molecule has 2 unspecified atom stereocenters. The SMILES string of the molecule is CCOc1cc2c(cc1OCC)CN1CCc3cc(OC)c(OS(=O)c4ccc(C)cc4)cc3C1C2. The van der Waals surface area contributed by atoms with E-state index in [1.165, 1.54) is 22.3 Å². The maximum atomic E-state index is 13.0. The molecule has 190 valence electrons. The topological polar surface area (TPSA) is 57.2 Å². The van der Waals surface area contributed by atoms with Gasteiger partial charge in [-0.2, -0.15) is 0 Å². The predicted octanol–water partition coefficient (Wildman–Crippen LogP) is 5.56. The van der Waals surface area contributed by atoms with E-state index in [9.17, 15) is 4.21 Å². The second-order valence-electron chi connectivity index (χ2n) is 9.21. The van der Waals surface area contributed by atoms with Gasteiger partial charge in [0.2, 0.25) is 11.1 Å². The lowest BCUT2D eigenvalue weighted by Crippen LogP contribution is -2.39. The summed E-state index contributed by atoms with van der Waals surface area (Å²) < 4.78 is 36.3. The first kappa shape index (κ1) is 24.7. The zero-order valence-electron chi connectivity index (χ0n) is 21.3. The molecule has 0 fully saturated rings. The fourth-order valence-corrected chi connectivity index (χ4v) is 5.89. The van der Waals surface area contributed by atoms with Gasteiger partial charge < -0.3 is 18.4 Å². The molecule has 3 aromatic rings. The Morgan fingerprint density at radius 2 is 1.56 bits per heavy atom. The van der Waals surface area contributed by atoms with E-state index in [1.807, 2.05) is 57.2 Å². The Hall–Kier alpha value is -3.03. The van der Waals surface area contributed by atoms with Gasteiger partial charge >= 0.3 is 0 Å². The van der Waals surface area contributed by atoms with Crippen LogP contribution in [0.2, 0.25) is 0 Å². The van der Waals surface area contributed by atoms with Gasteiger partial charge in [-0.3, -0.25) is 4.90 Å². The largest absolute Gasteiger partial charge is 0.493 e. The molecule has 2 aliphatic rings. The molecular formula is C29H33NO5S. The lowest BCUT2D eigenvalue weighted by atomic mass is 9.83. The molecule has 36 heavy (non-hydrogen) atoms. The molecule has 3 aromatic carbocycles. The highest BCUT2D eigenvalue weighted by Crippen LogP contribution is 2.44. The Bertz CT molecular complexity index is 1270. The van der Waals surface area contributed by atoms with Crippen molar-refractivity contribution in [1.29, 1.82) is 0 Å². The number of aryl methyl sites for hydroxylation is 1. The first-order valence-corrected chi connectivity index (χ1v) is 13.6. The van der Waals surface area contributed by atoms with Crippen LogP contribution >= 0.6 is 0 Å². The number of rotatable bonds is 8. The van der Waals surface area contributed by atoms with Crippen LogP contribution < -0.4 is 18.4 Å². The van der Waals surface area contributed by atoms with Gasteiger partial charge in [0.25, 0.3) is 0 Å². The first-order chi connectivity index (χ1) is 17.5. The van der Waals surface area contributed by atoms with Crippen LogP contribution in [-0.4, -0.2) is 36.0 Å². The lowest BCUT2D eigenvalue weighted by Gasteiger charge is -2.42. The molecular weight excluding hydrogens is 474 g/mol. The summed E-state index contributed by atoms with van der Waals surface area (Å²) in [4.78, 5) is 3.13. The molecule has 0 saturated heterocycles. The highest BCUT2D eigenvalue weighted by Gasteiger charge is 2.34. The number of ether oxygens (including phenoxy) is 3. The van der Waals surface area contributed by atoms with Crippen LogP contribution in [0.15, 0.2) is 53.4 Å². The quantitative estimate of drug-likeness (QED) is 0.398. The highest BCUT2D eigenvalue weighted by atomic mass is 32.2. The van der Waals surface area contributed by atoms with Crippen LogP contribution in [0.4, 0.5) is 0 Å². The monoisotopic (exact) mass is 507 g/mol. The summed E-state index contributed by atoms with van der Waals surface area (Å²) in [5.74, 6) is 2.73. The third-order valence-corrected chi connectivity index (χ3v) is 7.91. The van der Waals surface area contributed by atoms with Crippen LogP contribution in [0, 0.1) is 6.92 Å². The van der Waals surface area contributed by atoms with Crippen molar-refractivity contribution in [2.75, 3.05) is 26.9 Å². The average molecular weight is 508 g/mol. The van der Waals surface area contributed by atoms with Crippen LogP contribution in [-0.2, 0) is 30.5 Å². The highest BCUT2D eigenvalue weighted by molar-refractivity contribution is 7.80. The first-order valence-electron chi connectivity index (χ1n) is 12.5. The predicted molar refractivity (Wildman–Crippen MR) is 141 cm³/mol. The van der Waals surface area contributed by atoms with Crippen LogP contribution in [0.25, 0.3) is 0 Å². The van der Waals surface area contributed by atoms with Gasteiger partial charge in [0.15, 0.2) is 23.0 Å². The molecule has 0 aliphatic carbocycles. The summed E-state index contributed by atoms with van der Waals surface area (Å²) in [6.07, 6.45) is 1.79. The molecule has 6 nitrogen and oxygen atoms in total. The van der Waals surface area contributed by atoms with Gasteiger partial charge in [0.1, 0.15) is 0 Å². The fourth-order valence-electron chi connectivity index (χ4n) is 5.14. The molecule has 0 amide bonds. The molecule has 0 N–H and O–H groups in total. The Morgan fingerprint density at radius 3 is 2.22 bits per heavy atom. The molecule has 0 saturated carbocycles. The van der Waals surface area contributed by atoms with E-state index in [1.54, 1.807) is 7.11 Å². The standard InChI is InChI=1S/C29H33NO5S/c1-5-33-27-15-21-13-25-24-17-29(35-36(31)23-9-7-19(3)8-10-23)26(32-4)14-20(24)11-12-30(25)18-22(21)16-28(27)34-6-2/h7-10,14-17,25H,5-6,11-13,18H2,1-4H3. The minimum absolute atomic E-state index is 0.203. The minimum atomic E-state index is -1.64. The van der Waals surface area contributed by atoms with Crippen molar-refractivity contribution in [1.82, 2.24) is 4.90 Å². The Kier molecular flexibility index (Phi) is 7.21. The second kappa shape index (κ2) is 10.5. The molecule has 0 radical (unpaired) electrons. The Balaban J connectivity index is 1.47. The Morgan fingerprint density at radius 1 is 0.889 bits per heavy atom. The van der Waals surface area contributed by atoms with E-state index >= 15 is 0 Å². The number of hydrogen-bond acceptors (Lipinski definition) is 6. The van der Waals surface area contributed by atoms with E-state index in [0.717, 1.165) is 43.0 Å². The summed E-state index contributed by atoms with van der Waals surface area (Å²) in [5, 5.41) is 0. The van der Waals surface area contributed by atoms with Gasteiger partial charge in [-0.05, 0) is 92.3 Å². The van der Waals surface area contributed by atoms with Crippen LogP contribution in [0.3, 0.4) is 0 Å². The second-order valence-corrected chi connectivity index (χ2v) is 10.3. The van der Waals surface area contributed by atoms with Crippen molar-refractivity contribution in [2.24, 2.45) is 0 Å². The van der Waals surface area contributed by atoms with Gasteiger partial charge in [0, 0.05) is 19.1 Å². The number of methoxy groups -OCH3 is 1. The van der Waals surface area contributed by atoms with Gasteiger partial charge in [-0.1, -0.05) is 17.7 Å². The van der Waals surface area contributed by atoms with Crippen molar-refractivity contribution in [3.63, 3.8) is 0 Å². The van der Waals surface area contributed by atoms with E-state index < -0.39 is 11.1 Å². The van der Waals surface area contributed by atoms with Crippen molar-refractivity contribution < 1.29 is 22.6 Å². The van der Waals surface area contributed by atoms with Crippen molar-refractivity contribution in [3.05, 3.63) is 76.3 Å². The molecule has 0 bridgehead atoms. The number of fused-ring (bicyclic) bond motifs is 4.